The average molecular weight is 255 g/mol. The molecule has 1 aromatic rings. The fourth-order valence-corrected chi connectivity index (χ4v) is 2.28. The molecule has 102 valence electrons. The Kier molecular flexibility index (Phi) is 5.73. The molecule has 0 saturated carbocycles. The standard InChI is InChI=1S/C15H23F2N/c1-4-6-7-11(5-2)15(18)12-9-8-10(3)13(16)14(12)17/h8-9,11,15H,4-7,18H2,1-3H3. The average Bonchev–Trinajstić information content (AvgIpc) is 2.37. The van der Waals surface area contributed by atoms with Crippen LogP contribution in [0.25, 0.3) is 0 Å². The molecule has 0 fully saturated rings. The minimum Gasteiger partial charge on any atom is -0.324 e. The molecule has 2 unspecified atom stereocenters. The van der Waals surface area contributed by atoms with E-state index in [4.69, 9.17) is 5.73 Å². The number of hydrogen-bond acceptors (Lipinski definition) is 1. The second-order valence-electron chi connectivity index (χ2n) is 4.94. The number of nitrogens with two attached hydrogens (primary N) is 1. The van der Waals surface area contributed by atoms with Crippen LogP contribution in [0.3, 0.4) is 0 Å². The van der Waals surface area contributed by atoms with Gasteiger partial charge in [0.1, 0.15) is 0 Å². The van der Waals surface area contributed by atoms with Crippen molar-refractivity contribution in [3.63, 3.8) is 0 Å². The quantitative estimate of drug-likeness (QED) is 0.796. The first-order chi connectivity index (χ1) is 8.52. The maximum atomic E-state index is 13.9. The highest BCUT2D eigenvalue weighted by molar-refractivity contribution is 5.28. The molecule has 1 rings (SSSR count). The summed E-state index contributed by atoms with van der Waals surface area (Å²) >= 11 is 0. The van der Waals surface area contributed by atoms with Crippen molar-refractivity contribution in [1.29, 1.82) is 0 Å². The van der Waals surface area contributed by atoms with E-state index in [1.54, 1.807) is 19.1 Å². The van der Waals surface area contributed by atoms with Crippen molar-refractivity contribution in [2.45, 2.75) is 52.5 Å². The summed E-state index contributed by atoms with van der Waals surface area (Å²) in [5.41, 5.74) is 6.73. The van der Waals surface area contributed by atoms with E-state index in [-0.39, 0.29) is 5.92 Å². The zero-order valence-electron chi connectivity index (χ0n) is 11.5. The van der Waals surface area contributed by atoms with Crippen LogP contribution in [0.1, 0.15) is 56.7 Å². The largest absolute Gasteiger partial charge is 0.324 e. The molecule has 0 aliphatic heterocycles. The number of halogens is 2. The molecule has 0 amide bonds. The fraction of sp³-hybridized carbons (Fsp3) is 0.600. The van der Waals surface area contributed by atoms with E-state index in [0.717, 1.165) is 25.7 Å². The van der Waals surface area contributed by atoms with Gasteiger partial charge in [0, 0.05) is 11.6 Å². The van der Waals surface area contributed by atoms with Gasteiger partial charge in [-0.2, -0.15) is 0 Å². The number of rotatable bonds is 6. The highest BCUT2D eigenvalue weighted by Crippen LogP contribution is 2.30. The van der Waals surface area contributed by atoms with E-state index in [9.17, 15) is 8.78 Å². The summed E-state index contributed by atoms with van der Waals surface area (Å²) in [7, 11) is 0. The first-order valence-electron chi connectivity index (χ1n) is 6.72. The van der Waals surface area contributed by atoms with Gasteiger partial charge < -0.3 is 5.73 Å². The number of benzene rings is 1. The van der Waals surface area contributed by atoms with Crippen LogP contribution in [0.15, 0.2) is 12.1 Å². The molecule has 0 aromatic heterocycles. The van der Waals surface area contributed by atoms with E-state index < -0.39 is 17.7 Å². The molecule has 0 saturated heterocycles. The van der Waals surface area contributed by atoms with Gasteiger partial charge in [-0.1, -0.05) is 45.2 Å². The Morgan fingerprint density at radius 1 is 1.17 bits per heavy atom. The van der Waals surface area contributed by atoms with Crippen LogP contribution in [-0.2, 0) is 0 Å². The molecule has 0 spiro atoms. The second-order valence-corrected chi connectivity index (χ2v) is 4.94. The van der Waals surface area contributed by atoms with Gasteiger partial charge in [-0.3, -0.25) is 0 Å². The summed E-state index contributed by atoms with van der Waals surface area (Å²) in [6, 6.07) is 2.80. The number of aryl methyl sites for hydroxylation is 1. The maximum absolute atomic E-state index is 13.9. The van der Waals surface area contributed by atoms with E-state index in [2.05, 4.69) is 6.92 Å². The predicted molar refractivity (Wildman–Crippen MR) is 71.3 cm³/mol. The van der Waals surface area contributed by atoms with E-state index in [0.29, 0.717) is 11.1 Å². The lowest BCUT2D eigenvalue weighted by atomic mass is 9.87. The van der Waals surface area contributed by atoms with Crippen molar-refractivity contribution in [2.75, 3.05) is 0 Å². The van der Waals surface area contributed by atoms with Gasteiger partial charge in [-0.05, 0) is 24.8 Å². The summed E-state index contributed by atoms with van der Waals surface area (Å²) in [4.78, 5) is 0. The predicted octanol–water partition coefficient (Wildman–Crippen LogP) is 4.49. The summed E-state index contributed by atoms with van der Waals surface area (Å²) < 4.78 is 27.4. The van der Waals surface area contributed by atoms with Gasteiger partial charge >= 0.3 is 0 Å². The van der Waals surface area contributed by atoms with Crippen LogP contribution >= 0.6 is 0 Å². The van der Waals surface area contributed by atoms with Gasteiger partial charge in [0.25, 0.3) is 0 Å². The van der Waals surface area contributed by atoms with Crippen LogP contribution in [0.4, 0.5) is 8.78 Å². The van der Waals surface area contributed by atoms with Crippen LogP contribution < -0.4 is 5.73 Å². The summed E-state index contributed by atoms with van der Waals surface area (Å²) in [6.45, 7) is 5.72. The summed E-state index contributed by atoms with van der Waals surface area (Å²) in [6.07, 6.45) is 4.01. The highest BCUT2D eigenvalue weighted by Gasteiger charge is 2.22. The van der Waals surface area contributed by atoms with E-state index in [1.165, 1.54) is 0 Å². The zero-order chi connectivity index (χ0) is 13.7. The molecule has 0 aliphatic carbocycles. The molecule has 0 heterocycles. The van der Waals surface area contributed by atoms with Crippen molar-refractivity contribution < 1.29 is 8.78 Å². The molecule has 1 aromatic carbocycles. The Hall–Kier alpha value is -0.960. The normalized spacial score (nSPS) is 14.6. The van der Waals surface area contributed by atoms with E-state index in [1.807, 2.05) is 6.92 Å². The van der Waals surface area contributed by atoms with Crippen LogP contribution in [0.5, 0.6) is 0 Å². The van der Waals surface area contributed by atoms with Gasteiger partial charge in [0.2, 0.25) is 0 Å². The first kappa shape index (κ1) is 15.1. The topological polar surface area (TPSA) is 26.0 Å². The molecular formula is C15H23F2N. The van der Waals surface area contributed by atoms with E-state index >= 15 is 0 Å². The third kappa shape index (κ3) is 3.29. The lowest BCUT2D eigenvalue weighted by Gasteiger charge is -2.23. The Bertz CT molecular complexity index is 390. The Labute approximate surface area is 108 Å². The summed E-state index contributed by atoms with van der Waals surface area (Å²) in [5.74, 6) is -1.34. The molecule has 0 aliphatic rings. The van der Waals surface area contributed by atoms with Gasteiger partial charge in [-0.15, -0.1) is 0 Å². The molecule has 0 bridgehead atoms. The van der Waals surface area contributed by atoms with Crippen molar-refractivity contribution >= 4 is 0 Å². The minimum absolute atomic E-state index is 0.210. The lowest BCUT2D eigenvalue weighted by molar-refractivity contribution is 0.364. The number of unbranched alkanes of at least 4 members (excludes halogenated alkanes) is 1. The van der Waals surface area contributed by atoms with Crippen LogP contribution in [0, 0.1) is 24.5 Å². The first-order valence-corrected chi connectivity index (χ1v) is 6.72. The molecule has 2 N–H and O–H groups in total. The Balaban J connectivity index is 2.94. The van der Waals surface area contributed by atoms with Crippen LogP contribution in [0.2, 0.25) is 0 Å². The van der Waals surface area contributed by atoms with Gasteiger partial charge in [-0.25, -0.2) is 8.78 Å². The van der Waals surface area contributed by atoms with Crippen molar-refractivity contribution in [1.82, 2.24) is 0 Å². The zero-order valence-corrected chi connectivity index (χ0v) is 11.5. The fourth-order valence-electron chi connectivity index (χ4n) is 2.28. The smallest absolute Gasteiger partial charge is 0.163 e. The van der Waals surface area contributed by atoms with Crippen LogP contribution in [-0.4, -0.2) is 0 Å². The monoisotopic (exact) mass is 255 g/mol. The Morgan fingerprint density at radius 3 is 2.39 bits per heavy atom. The summed E-state index contributed by atoms with van der Waals surface area (Å²) in [5, 5.41) is 0. The molecular weight excluding hydrogens is 232 g/mol. The van der Waals surface area contributed by atoms with Crippen molar-refractivity contribution in [3.8, 4) is 0 Å². The molecule has 1 nitrogen and oxygen atoms in total. The molecule has 0 radical (unpaired) electrons. The Morgan fingerprint density at radius 2 is 1.83 bits per heavy atom. The van der Waals surface area contributed by atoms with Crippen molar-refractivity contribution in [2.24, 2.45) is 11.7 Å². The maximum Gasteiger partial charge on any atom is 0.163 e. The second kappa shape index (κ2) is 6.83. The molecule has 3 heteroatoms. The third-order valence-electron chi connectivity index (χ3n) is 3.63. The molecule has 18 heavy (non-hydrogen) atoms. The number of hydrogen-bond donors (Lipinski definition) is 1. The van der Waals surface area contributed by atoms with Gasteiger partial charge in [0.05, 0.1) is 0 Å². The SMILES string of the molecule is CCCCC(CC)C(N)c1ccc(C)c(F)c1F. The van der Waals surface area contributed by atoms with Gasteiger partial charge in [0.15, 0.2) is 11.6 Å². The molecule has 2 atom stereocenters. The minimum atomic E-state index is -0.780. The third-order valence-corrected chi connectivity index (χ3v) is 3.63. The highest BCUT2D eigenvalue weighted by atomic mass is 19.2. The lowest BCUT2D eigenvalue weighted by Crippen LogP contribution is -2.22. The van der Waals surface area contributed by atoms with Crippen molar-refractivity contribution in [3.05, 3.63) is 34.9 Å².